The Bertz CT molecular complexity index is 170. The Morgan fingerprint density at radius 3 is 2.50 bits per heavy atom. The van der Waals surface area contributed by atoms with Gasteiger partial charge >= 0.3 is 0 Å². The van der Waals surface area contributed by atoms with E-state index in [2.05, 4.69) is 5.32 Å². The highest BCUT2D eigenvalue weighted by molar-refractivity contribution is 5.81. The molecule has 70 valence electrons. The number of amides is 2. The van der Waals surface area contributed by atoms with Crippen molar-refractivity contribution in [2.45, 2.75) is 25.8 Å². The third-order valence-electron chi connectivity index (χ3n) is 1.42. The number of nitrogens with one attached hydrogen (secondary N) is 1. The van der Waals surface area contributed by atoms with Gasteiger partial charge in [0, 0.05) is 13.0 Å². The molecular weight excluding hydrogens is 158 g/mol. The Morgan fingerprint density at radius 1 is 1.50 bits per heavy atom. The molecule has 5 N–H and O–H groups in total. The SMILES string of the molecule is CCNC(=O)CCC(N)C(N)=O. The van der Waals surface area contributed by atoms with Gasteiger partial charge in [0.05, 0.1) is 6.04 Å². The number of hydrogen-bond donors (Lipinski definition) is 3. The second kappa shape index (κ2) is 5.54. The van der Waals surface area contributed by atoms with Gasteiger partial charge in [-0.2, -0.15) is 0 Å². The molecule has 12 heavy (non-hydrogen) atoms. The van der Waals surface area contributed by atoms with Gasteiger partial charge in [0.2, 0.25) is 11.8 Å². The fourth-order valence-corrected chi connectivity index (χ4v) is 0.714. The van der Waals surface area contributed by atoms with E-state index >= 15 is 0 Å². The molecule has 0 radical (unpaired) electrons. The molecule has 1 unspecified atom stereocenters. The molecule has 0 aromatic carbocycles. The van der Waals surface area contributed by atoms with Gasteiger partial charge in [-0.05, 0) is 13.3 Å². The normalized spacial score (nSPS) is 12.2. The number of hydrogen-bond acceptors (Lipinski definition) is 3. The topological polar surface area (TPSA) is 98.2 Å². The molecule has 0 saturated carbocycles. The second-order valence-corrected chi connectivity index (χ2v) is 2.50. The van der Waals surface area contributed by atoms with Crippen LogP contribution in [0.2, 0.25) is 0 Å². The molecule has 0 spiro atoms. The molecule has 0 aliphatic rings. The lowest BCUT2D eigenvalue weighted by Crippen LogP contribution is -2.37. The molecule has 0 saturated heterocycles. The van der Waals surface area contributed by atoms with Crippen LogP contribution in [-0.2, 0) is 9.59 Å². The highest BCUT2D eigenvalue weighted by Crippen LogP contribution is 1.93. The third kappa shape index (κ3) is 4.68. The van der Waals surface area contributed by atoms with Gasteiger partial charge < -0.3 is 16.8 Å². The van der Waals surface area contributed by atoms with E-state index in [0.717, 1.165) is 0 Å². The van der Waals surface area contributed by atoms with Crippen LogP contribution in [-0.4, -0.2) is 24.4 Å². The van der Waals surface area contributed by atoms with E-state index < -0.39 is 11.9 Å². The number of carbonyl (C=O) groups is 2. The summed E-state index contributed by atoms with van der Waals surface area (Å²) in [7, 11) is 0. The van der Waals surface area contributed by atoms with Crippen LogP contribution in [0.4, 0.5) is 0 Å². The summed E-state index contributed by atoms with van der Waals surface area (Å²) in [4.78, 5) is 21.3. The number of carbonyl (C=O) groups excluding carboxylic acids is 2. The van der Waals surface area contributed by atoms with Crippen molar-refractivity contribution < 1.29 is 9.59 Å². The zero-order valence-corrected chi connectivity index (χ0v) is 7.17. The molecule has 5 heteroatoms. The van der Waals surface area contributed by atoms with Crippen LogP contribution < -0.4 is 16.8 Å². The summed E-state index contributed by atoms with van der Waals surface area (Å²) < 4.78 is 0. The predicted octanol–water partition coefficient (Wildman–Crippen LogP) is -1.28. The van der Waals surface area contributed by atoms with Crippen molar-refractivity contribution in [3.63, 3.8) is 0 Å². The smallest absolute Gasteiger partial charge is 0.234 e. The monoisotopic (exact) mass is 173 g/mol. The Balaban J connectivity index is 3.54. The Hall–Kier alpha value is -1.10. The Labute approximate surface area is 71.5 Å². The minimum absolute atomic E-state index is 0.103. The van der Waals surface area contributed by atoms with Crippen molar-refractivity contribution in [2.75, 3.05) is 6.54 Å². The summed E-state index contributed by atoms with van der Waals surface area (Å²) in [5.74, 6) is -0.673. The van der Waals surface area contributed by atoms with Crippen LogP contribution >= 0.6 is 0 Å². The summed E-state index contributed by atoms with van der Waals surface area (Å²) in [6.07, 6.45) is 0.555. The number of nitrogens with two attached hydrogens (primary N) is 2. The lowest BCUT2D eigenvalue weighted by Gasteiger charge is -2.06. The van der Waals surface area contributed by atoms with Gasteiger partial charge in [-0.15, -0.1) is 0 Å². The summed E-state index contributed by atoms with van der Waals surface area (Å²) in [6, 6.07) is -0.715. The van der Waals surface area contributed by atoms with Crippen LogP contribution in [0.5, 0.6) is 0 Å². The first-order valence-corrected chi connectivity index (χ1v) is 3.89. The largest absolute Gasteiger partial charge is 0.368 e. The van der Waals surface area contributed by atoms with E-state index in [0.29, 0.717) is 13.0 Å². The Morgan fingerprint density at radius 2 is 2.08 bits per heavy atom. The lowest BCUT2D eigenvalue weighted by atomic mass is 10.1. The summed E-state index contributed by atoms with van der Waals surface area (Å²) >= 11 is 0. The third-order valence-corrected chi connectivity index (χ3v) is 1.42. The van der Waals surface area contributed by atoms with Crippen LogP contribution in [0.25, 0.3) is 0 Å². The maximum atomic E-state index is 10.9. The standard InChI is InChI=1S/C7H15N3O2/c1-2-10-6(11)4-3-5(8)7(9)12/h5H,2-4,8H2,1H3,(H2,9,12)(H,10,11). The Kier molecular flexibility index (Phi) is 5.03. The zero-order valence-electron chi connectivity index (χ0n) is 7.17. The molecule has 0 aliphatic heterocycles. The summed E-state index contributed by atoms with van der Waals surface area (Å²) in [5, 5.41) is 2.59. The molecule has 0 rings (SSSR count). The predicted molar refractivity (Wildman–Crippen MR) is 45.1 cm³/mol. The van der Waals surface area contributed by atoms with Gasteiger partial charge in [-0.1, -0.05) is 0 Å². The molecule has 2 amide bonds. The molecular formula is C7H15N3O2. The lowest BCUT2D eigenvalue weighted by molar-refractivity contribution is -0.121. The maximum absolute atomic E-state index is 10.9. The first-order valence-electron chi connectivity index (χ1n) is 3.89. The number of primary amides is 1. The van der Waals surface area contributed by atoms with Gasteiger partial charge in [0.15, 0.2) is 0 Å². The van der Waals surface area contributed by atoms with E-state index in [1.165, 1.54) is 0 Å². The van der Waals surface area contributed by atoms with Crippen molar-refractivity contribution in [1.29, 1.82) is 0 Å². The average Bonchev–Trinajstić information content (AvgIpc) is 2.00. The van der Waals surface area contributed by atoms with Gasteiger partial charge in [0.1, 0.15) is 0 Å². The van der Waals surface area contributed by atoms with Crippen molar-refractivity contribution in [2.24, 2.45) is 11.5 Å². The quantitative estimate of drug-likeness (QED) is 0.482. The van der Waals surface area contributed by atoms with Gasteiger partial charge in [-0.3, -0.25) is 9.59 Å². The fourth-order valence-electron chi connectivity index (χ4n) is 0.714. The van der Waals surface area contributed by atoms with Crippen LogP contribution in [0.15, 0.2) is 0 Å². The van der Waals surface area contributed by atoms with E-state index in [4.69, 9.17) is 11.5 Å². The van der Waals surface area contributed by atoms with Crippen molar-refractivity contribution >= 4 is 11.8 Å². The zero-order chi connectivity index (χ0) is 9.56. The number of rotatable bonds is 5. The van der Waals surface area contributed by atoms with Gasteiger partial charge in [0.25, 0.3) is 0 Å². The molecule has 0 aromatic rings. The molecule has 0 heterocycles. The maximum Gasteiger partial charge on any atom is 0.234 e. The van der Waals surface area contributed by atoms with Crippen molar-refractivity contribution in [3.8, 4) is 0 Å². The molecule has 0 bridgehead atoms. The van der Waals surface area contributed by atoms with E-state index in [-0.39, 0.29) is 12.3 Å². The average molecular weight is 173 g/mol. The minimum Gasteiger partial charge on any atom is -0.368 e. The summed E-state index contributed by atoms with van der Waals surface area (Å²) in [5.41, 5.74) is 10.2. The fraction of sp³-hybridized carbons (Fsp3) is 0.714. The molecule has 1 atom stereocenters. The van der Waals surface area contributed by atoms with E-state index in [1.54, 1.807) is 0 Å². The minimum atomic E-state index is -0.715. The van der Waals surface area contributed by atoms with Crippen LogP contribution in [0, 0.1) is 0 Å². The van der Waals surface area contributed by atoms with Crippen molar-refractivity contribution in [3.05, 3.63) is 0 Å². The highest BCUT2D eigenvalue weighted by Gasteiger charge is 2.10. The van der Waals surface area contributed by atoms with E-state index in [1.807, 2.05) is 6.92 Å². The molecule has 0 fully saturated rings. The van der Waals surface area contributed by atoms with Gasteiger partial charge in [-0.25, -0.2) is 0 Å². The highest BCUT2D eigenvalue weighted by atomic mass is 16.2. The van der Waals surface area contributed by atoms with Crippen molar-refractivity contribution in [1.82, 2.24) is 5.32 Å². The first kappa shape index (κ1) is 10.9. The molecule has 5 nitrogen and oxygen atoms in total. The summed E-state index contributed by atoms with van der Waals surface area (Å²) in [6.45, 7) is 2.41. The first-order chi connectivity index (χ1) is 5.57. The molecule has 0 aliphatic carbocycles. The van der Waals surface area contributed by atoms with Crippen LogP contribution in [0.1, 0.15) is 19.8 Å². The van der Waals surface area contributed by atoms with Crippen LogP contribution in [0.3, 0.4) is 0 Å². The second-order valence-electron chi connectivity index (χ2n) is 2.50. The van der Waals surface area contributed by atoms with E-state index in [9.17, 15) is 9.59 Å². The molecule has 0 aromatic heterocycles.